The number of carbonyl (C=O) groups excluding carboxylic acids is 1. The first-order valence-corrected chi connectivity index (χ1v) is 10.9. The van der Waals surface area contributed by atoms with Crippen LogP contribution in [0.3, 0.4) is 0 Å². The van der Waals surface area contributed by atoms with Crippen molar-refractivity contribution >= 4 is 39.9 Å². The number of hydrogen-bond acceptors (Lipinski definition) is 6. The zero-order chi connectivity index (χ0) is 22.7. The summed E-state index contributed by atoms with van der Waals surface area (Å²) >= 11 is 0.971. The van der Waals surface area contributed by atoms with Crippen LogP contribution in [0.4, 0.5) is 24.5 Å². The van der Waals surface area contributed by atoms with Gasteiger partial charge in [-0.15, -0.1) is 0 Å². The van der Waals surface area contributed by atoms with Crippen molar-refractivity contribution in [1.82, 2.24) is 9.97 Å². The van der Waals surface area contributed by atoms with Gasteiger partial charge in [-0.25, -0.2) is 9.97 Å². The molecule has 0 spiro atoms. The molecular weight excluding hydrogens is 441 g/mol. The Hall–Kier alpha value is -2.85. The summed E-state index contributed by atoms with van der Waals surface area (Å²) < 4.78 is 45.0. The molecule has 1 aliphatic heterocycles. The van der Waals surface area contributed by atoms with Gasteiger partial charge in [0, 0.05) is 29.9 Å². The highest BCUT2D eigenvalue weighted by molar-refractivity contribution is 8.00. The van der Waals surface area contributed by atoms with E-state index in [9.17, 15) is 18.0 Å². The molecule has 2 aromatic carbocycles. The normalized spacial score (nSPS) is 15.6. The molecule has 168 valence electrons. The fourth-order valence-corrected chi connectivity index (χ4v) is 4.25. The van der Waals surface area contributed by atoms with Crippen molar-refractivity contribution in [1.29, 1.82) is 0 Å². The molecule has 0 aliphatic carbocycles. The zero-order valence-corrected chi connectivity index (χ0v) is 18.0. The van der Waals surface area contributed by atoms with Crippen molar-refractivity contribution in [3.05, 3.63) is 54.4 Å². The van der Waals surface area contributed by atoms with Crippen LogP contribution in [0.15, 0.2) is 53.6 Å². The monoisotopic (exact) mass is 462 g/mol. The van der Waals surface area contributed by atoms with E-state index in [0.717, 1.165) is 30.5 Å². The number of para-hydroxylation sites is 1. The van der Waals surface area contributed by atoms with E-state index in [2.05, 4.69) is 20.2 Å². The third-order valence-corrected chi connectivity index (χ3v) is 6.09. The quantitative estimate of drug-likeness (QED) is 0.442. The lowest BCUT2D eigenvalue weighted by atomic mass is 10.2. The van der Waals surface area contributed by atoms with Gasteiger partial charge in [-0.1, -0.05) is 30.0 Å². The standard InChI is InChI=1S/C22H21F3N4O2S/c1-14(19(30)26-15-6-8-16(9-7-15)29-10-12-31-13-11-29)32-20-17-4-2-3-5-18(17)27-21(28-20)22(23,24)25/h2-9,14H,10-13H2,1H3,(H,26,30)/t14-/m0/s1. The molecule has 1 atom stereocenters. The number of fused-ring (bicyclic) bond motifs is 1. The summed E-state index contributed by atoms with van der Waals surface area (Å²) in [6, 6.07) is 13.9. The first-order valence-electron chi connectivity index (χ1n) is 10.1. The molecule has 1 aliphatic rings. The number of alkyl halides is 3. The molecule has 6 nitrogen and oxygen atoms in total. The number of morpholine rings is 1. The van der Waals surface area contributed by atoms with Gasteiger partial charge in [-0.2, -0.15) is 13.2 Å². The molecule has 32 heavy (non-hydrogen) atoms. The third kappa shape index (κ3) is 5.13. The zero-order valence-electron chi connectivity index (χ0n) is 17.2. The van der Waals surface area contributed by atoms with Crippen molar-refractivity contribution in [3.63, 3.8) is 0 Å². The highest BCUT2D eigenvalue weighted by Crippen LogP contribution is 2.34. The Balaban J connectivity index is 1.47. The number of rotatable bonds is 5. The summed E-state index contributed by atoms with van der Waals surface area (Å²) in [6.07, 6.45) is -4.67. The molecule has 1 amide bonds. The van der Waals surface area contributed by atoms with Gasteiger partial charge in [0.2, 0.25) is 11.7 Å². The fourth-order valence-electron chi connectivity index (χ4n) is 3.31. The largest absolute Gasteiger partial charge is 0.451 e. The van der Waals surface area contributed by atoms with Crippen LogP contribution in [-0.4, -0.2) is 47.4 Å². The number of nitrogens with zero attached hydrogens (tertiary/aromatic N) is 3. The van der Waals surface area contributed by atoms with Crippen molar-refractivity contribution in [2.75, 3.05) is 36.5 Å². The Labute approximate surface area is 187 Å². The average molecular weight is 462 g/mol. The first-order chi connectivity index (χ1) is 15.3. The predicted molar refractivity (Wildman–Crippen MR) is 118 cm³/mol. The average Bonchev–Trinajstić information content (AvgIpc) is 2.79. The molecule has 0 radical (unpaired) electrons. The van der Waals surface area contributed by atoms with Crippen LogP contribution < -0.4 is 10.2 Å². The number of thioether (sulfide) groups is 1. The van der Waals surface area contributed by atoms with Crippen LogP contribution >= 0.6 is 11.8 Å². The second-order valence-corrected chi connectivity index (χ2v) is 8.59. The molecule has 1 aromatic heterocycles. The van der Waals surface area contributed by atoms with E-state index in [1.807, 2.05) is 24.3 Å². The summed E-state index contributed by atoms with van der Waals surface area (Å²) in [7, 11) is 0. The fraction of sp³-hybridized carbons (Fsp3) is 0.318. The predicted octanol–water partition coefficient (Wildman–Crippen LogP) is 4.60. The van der Waals surface area contributed by atoms with Crippen molar-refractivity contribution in [3.8, 4) is 0 Å². The lowest BCUT2D eigenvalue weighted by Gasteiger charge is -2.28. The number of ether oxygens (including phenoxy) is 1. The van der Waals surface area contributed by atoms with Gasteiger partial charge >= 0.3 is 6.18 Å². The highest BCUT2D eigenvalue weighted by atomic mass is 32.2. The Morgan fingerprint density at radius 3 is 2.47 bits per heavy atom. The summed E-state index contributed by atoms with van der Waals surface area (Å²) in [6.45, 7) is 4.62. The maximum atomic E-state index is 13.2. The number of hydrogen-bond donors (Lipinski definition) is 1. The van der Waals surface area contributed by atoms with E-state index in [0.29, 0.717) is 24.3 Å². The molecule has 1 N–H and O–H groups in total. The van der Waals surface area contributed by atoms with E-state index in [4.69, 9.17) is 4.74 Å². The summed E-state index contributed by atoms with van der Waals surface area (Å²) in [5, 5.41) is 2.73. The number of aromatic nitrogens is 2. The van der Waals surface area contributed by atoms with Gasteiger partial charge in [-0.3, -0.25) is 4.79 Å². The van der Waals surface area contributed by atoms with Gasteiger partial charge in [0.1, 0.15) is 5.03 Å². The second-order valence-electron chi connectivity index (χ2n) is 7.26. The minimum atomic E-state index is -4.67. The Morgan fingerprint density at radius 2 is 1.78 bits per heavy atom. The van der Waals surface area contributed by atoms with Gasteiger partial charge in [0.25, 0.3) is 0 Å². The van der Waals surface area contributed by atoms with E-state index in [-0.39, 0.29) is 16.4 Å². The number of nitrogens with one attached hydrogen (secondary N) is 1. The van der Waals surface area contributed by atoms with Crippen LogP contribution in [0.1, 0.15) is 12.7 Å². The molecule has 0 bridgehead atoms. The SMILES string of the molecule is C[C@H](Sc1nc(C(F)(F)F)nc2ccccc12)C(=O)Nc1ccc(N2CCOCC2)cc1. The molecule has 0 saturated carbocycles. The summed E-state index contributed by atoms with van der Waals surface area (Å²) in [4.78, 5) is 22.2. The Bertz CT molecular complexity index is 1100. The van der Waals surface area contributed by atoms with Gasteiger partial charge in [0.05, 0.1) is 24.0 Å². The molecule has 1 fully saturated rings. The molecule has 10 heteroatoms. The smallest absolute Gasteiger partial charge is 0.378 e. The maximum absolute atomic E-state index is 13.2. The van der Waals surface area contributed by atoms with Crippen LogP contribution in [0.5, 0.6) is 0 Å². The lowest BCUT2D eigenvalue weighted by molar-refractivity contribution is -0.145. The van der Waals surface area contributed by atoms with Gasteiger partial charge in [-0.05, 0) is 37.3 Å². The van der Waals surface area contributed by atoms with E-state index in [1.165, 1.54) is 6.07 Å². The number of carbonyl (C=O) groups is 1. The summed E-state index contributed by atoms with van der Waals surface area (Å²) in [5.41, 5.74) is 1.84. The molecular formula is C22H21F3N4O2S. The number of amides is 1. The lowest BCUT2D eigenvalue weighted by Crippen LogP contribution is -2.36. The highest BCUT2D eigenvalue weighted by Gasteiger charge is 2.36. The minimum Gasteiger partial charge on any atom is -0.378 e. The Kier molecular flexibility index (Phi) is 6.52. The van der Waals surface area contributed by atoms with Crippen LogP contribution in [0.2, 0.25) is 0 Å². The van der Waals surface area contributed by atoms with E-state index < -0.39 is 17.3 Å². The second kappa shape index (κ2) is 9.33. The van der Waals surface area contributed by atoms with Crippen LogP contribution in [0, 0.1) is 0 Å². The number of anilines is 2. The molecule has 1 saturated heterocycles. The maximum Gasteiger partial charge on any atom is 0.451 e. The minimum absolute atomic E-state index is 0.119. The first kappa shape index (κ1) is 22.3. The van der Waals surface area contributed by atoms with Crippen LogP contribution in [0.25, 0.3) is 10.9 Å². The Morgan fingerprint density at radius 1 is 1.09 bits per heavy atom. The van der Waals surface area contributed by atoms with E-state index in [1.54, 1.807) is 25.1 Å². The van der Waals surface area contributed by atoms with Crippen molar-refractivity contribution < 1.29 is 22.7 Å². The molecule has 3 aromatic rings. The van der Waals surface area contributed by atoms with Gasteiger partial charge in [0.15, 0.2) is 0 Å². The van der Waals surface area contributed by atoms with Gasteiger partial charge < -0.3 is 15.0 Å². The van der Waals surface area contributed by atoms with Crippen LogP contribution in [-0.2, 0) is 15.7 Å². The van der Waals surface area contributed by atoms with Crippen molar-refractivity contribution in [2.45, 2.75) is 23.4 Å². The molecule has 0 unspecified atom stereocenters. The van der Waals surface area contributed by atoms with Crippen molar-refractivity contribution in [2.24, 2.45) is 0 Å². The topological polar surface area (TPSA) is 67.4 Å². The number of halogens is 3. The summed E-state index contributed by atoms with van der Waals surface area (Å²) in [5.74, 6) is -1.55. The van der Waals surface area contributed by atoms with E-state index >= 15 is 0 Å². The number of benzene rings is 2. The molecule has 2 heterocycles. The third-order valence-electron chi connectivity index (χ3n) is 4.99. The molecule has 4 rings (SSSR count).